The van der Waals surface area contributed by atoms with Gasteiger partial charge in [0.15, 0.2) is 9.84 Å². The lowest BCUT2D eigenvalue weighted by molar-refractivity contribution is 0.600. The first-order valence-corrected chi connectivity index (χ1v) is 8.22. The molecule has 2 aromatic carbocycles. The van der Waals surface area contributed by atoms with E-state index in [1.807, 2.05) is 0 Å². The molecule has 1 N–H and O–H groups in total. The summed E-state index contributed by atoms with van der Waals surface area (Å²) in [5.41, 5.74) is 0.698. The first-order chi connectivity index (χ1) is 9.77. The predicted molar refractivity (Wildman–Crippen MR) is 78.2 cm³/mol. The average Bonchev–Trinajstić information content (AvgIpc) is 2.40. The summed E-state index contributed by atoms with van der Waals surface area (Å²) in [7, 11) is -3.41. The van der Waals surface area contributed by atoms with Crippen molar-refractivity contribution in [3.63, 3.8) is 0 Å². The molecule has 0 heterocycles. The van der Waals surface area contributed by atoms with Crippen LogP contribution in [-0.4, -0.2) is 14.7 Å². The van der Waals surface area contributed by atoms with Crippen molar-refractivity contribution < 1.29 is 17.2 Å². The van der Waals surface area contributed by atoms with Gasteiger partial charge in [-0.15, -0.1) is 0 Å². The number of rotatable bonds is 4. The smallest absolute Gasteiger partial charge is 0.175 e. The Hall–Kier alpha value is -1.66. The van der Waals surface area contributed by atoms with Crippen LogP contribution in [0.2, 0.25) is 5.02 Å². The maximum atomic E-state index is 13.7. The SMILES string of the molecule is CS(=O)(=O)c1ccc(F)c(NCc2ccc(F)c(Cl)c2)c1. The zero-order valence-electron chi connectivity index (χ0n) is 11.0. The second-order valence-corrected chi connectivity index (χ2v) is 6.94. The topological polar surface area (TPSA) is 46.2 Å². The molecule has 7 heteroatoms. The quantitative estimate of drug-likeness (QED) is 0.870. The molecule has 0 saturated heterocycles. The van der Waals surface area contributed by atoms with Crippen LogP contribution in [0.15, 0.2) is 41.3 Å². The Bertz CT molecular complexity index is 779. The molecule has 0 aromatic heterocycles. The van der Waals surface area contributed by atoms with Gasteiger partial charge in [0.1, 0.15) is 11.6 Å². The molecule has 0 spiro atoms. The molecule has 0 aliphatic rings. The maximum absolute atomic E-state index is 13.7. The number of halogens is 3. The van der Waals surface area contributed by atoms with Crippen LogP contribution in [0, 0.1) is 11.6 Å². The van der Waals surface area contributed by atoms with E-state index < -0.39 is 21.5 Å². The molecule has 0 unspecified atom stereocenters. The molecular weight excluding hydrogens is 320 g/mol. The van der Waals surface area contributed by atoms with Crippen molar-refractivity contribution >= 4 is 27.1 Å². The van der Waals surface area contributed by atoms with E-state index in [4.69, 9.17) is 11.6 Å². The molecule has 0 aliphatic heterocycles. The van der Waals surface area contributed by atoms with Crippen molar-refractivity contribution in [3.8, 4) is 0 Å². The lowest BCUT2D eigenvalue weighted by Crippen LogP contribution is -2.04. The minimum Gasteiger partial charge on any atom is -0.379 e. The van der Waals surface area contributed by atoms with Gasteiger partial charge in [-0.05, 0) is 35.9 Å². The second-order valence-electron chi connectivity index (χ2n) is 4.52. The van der Waals surface area contributed by atoms with Gasteiger partial charge in [-0.3, -0.25) is 0 Å². The Balaban J connectivity index is 2.21. The minimum atomic E-state index is -3.41. The molecule has 0 radical (unpaired) electrons. The Kier molecular flexibility index (Phi) is 4.49. The highest BCUT2D eigenvalue weighted by Gasteiger charge is 2.11. The molecule has 2 aromatic rings. The minimum absolute atomic E-state index is 0.0172. The van der Waals surface area contributed by atoms with Gasteiger partial charge in [-0.25, -0.2) is 17.2 Å². The summed E-state index contributed by atoms with van der Waals surface area (Å²) in [4.78, 5) is 0.0172. The highest BCUT2D eigenvalue weighted by atomic mass is 35.5. The van der Waals surface area contributed by atoms with Crippen LogP contribution in [0.3, 0.4) is 0 Å². The average molecular weight is 332 g/mol. The van der Waals surface area contributed by atoms with Crippen molar-refractivity contribution in [3.05, 3.63) is 58.6 Å². The van der Waals surface area contributed by atoms with Gasteiger partial charge in [0.2, 0.25) is 0 Å². The van der Waals surface area contributed by atoms with E-state index in [9.17, 15) is 17.2 Å². The normalized spacial score (nSPS) is 11.4. The van der Waals surface area contributed by atoms with Gasteiger partial charge in [0.05, 0.1) is 15.6 Å². The summed E-state index contributed by atoms with van der Waals surface area (Å²) in [5, 5.41) is 2.74. The van der Waals surface area contributed by atoms with Crippen molar-refractivity contribution in [2.75, 3.05) is 11.6 Å². The molecule has 3 nitrogen and oxygen atoms in total. The summed E-state index contributed by atoms with van der Waals surface area (Å²) in [5.74, 6) is -1.11. The molecule has 0 atom stereocenters. The lowest BCUT2D eigenvalue weighted by atomic mass is 10.2. The van der Waals surface area contributed by atoms with E-state index in [1.165, 1.54) is 30.3 Å². The number of sulfone groups is 1. The maximum Gasteiger partial charge on any atom is 0.175 e. The van der Waals surface area contributed by atoms with Crippen molar-refractivity contribution in [2.45, 2.75) is 11.4 Å². The van der Waals surface area contributed by atoms with Crippen molar-refractivity contribution in [2.24, 2.45) is 0 Å². The molecule has 0 amide bonds. The Morgan fingerprint density at radius 1 is 1.10 bits per heavy atom. The summed E-state index contributed by atoms with van der Waals surface area (Å²) in [6.45, 7) is 0.185. The van der Waals surface area contributed by atoms with Gasteiger partial charge in [-0.2, -0.15) is 0 Å². The van der Waals surface area contributed by atoms with Crippen LogP contribution in [0.25, 0.3) is 0 Å². The van der Waals surface area contributed by atoms with Crippen LogP contribution in [0.1, 0.15) is 5.56 Å². The third-order valence-electron chi connectivity index (χ3n) is 2.83. The molecule has 0 aliphatic carbocycles. The largest absolute Gasteiger partial charge is 0.379 e. The number of hydrogen-bond donors (Lipinski definition) is 1. The summed E-state index contributed by atoms with van der Waals surface area (Å²) < 4.78 is 49.6. The number of benzene rings is 2. The molecule has 0 fully saturated rings. The van der Waals surface area contributed by atoms with Crippen LogP contribution < -0.4 is 5.32 Å². The first-order valence-electron chi connectivity index (χ1n) is 5.95. The van der Waals surface area contributed by atoms with E-state index in [2.05, 4.69) is 5.32 Å². The Morgan fingerprint density at radius 2 is 1.76 bits per heavy atom. The third kappa shape index (κ3) is 3.92. The van der Waals surface area contributed by atoms with Crippen molar-refractivity contribution in [1.29, 1.82) is 0 Å². The summed E-state index contributed by atoms with van der Waals surface area (Å²) in [6.07, 6.45) is 1.05. The van der Waals surface area contributed by atoms with Gasteiger partial charge in [0, 0.05) is 12.8 Å². The van der Waals surface area contributed by atoms with E-state index >= 15 is 0 Å². The van der Waals surface area contributed by atoms with Crippen LogP contribution in [-0.2, 0) is 16.4 Å². The molecule has 0 bridgehead atoms. The summed E-state index contributed by atoms with van der Waals surface area (Å²) in [6, 6.07) is 7.63. The zero-order chi connectivity index (χ0) is 15.6. The number of nitrogens with one attached hydrogen (secondary N) is 1. The highest BCUT2D eigenvalue weighted by molar-refractivity contribution is 7.90. The predicted octanol–water partition coefficient (Wildman–Crippen LogP) is 3.63. The van der Waals surface area contributed by atoms with Gasteiger partial charge < -0.3 is 5.32 Å². The van der Waals surface area contributed by atoms with Crippen molar-refractivity contribution in [1.82, 2.24) is 0 Å². The van der Waals surface area contributed by atoms with Gasteiger partial charge >= 0.3 is 0 Å². The fourth-order valence-corrected chi connectivity index (χ4v) is 2.57. The molecule has 112 valence electrons. The molecular formula is C14H12ClF2NO2S. The molecule has 2 rings (SSSR count). The second kappa shape index (κ2) is 5.99. The lowest BCUT2D eigenvalue weighted by Gasteiger charge is -2.09. The van der Waals surface area contributed by atoms with E-state index in [0.717, 1.165) is 12.3 Å². The standard InChI is InChI=1S/C14H12ClF2NO2S/c1-21(19,20)10-3-5-13(17)14(7-10)18-8-9-2-4-12(16)11(15)6-9/h2-7,18H,8H2,1H3. The van der Waals surface area contributed by atoms with Crippen LogP contribution in [0.5, 0.6) is 0 Å². The van der Waals surface area contributed by atoms with Crippen LogP contribution >= 0.6 is 11.6 Å². The van der Waals surface area contributed by atoms with E-state index in [1.54, 1.807) is 0 Å². The Labute approximate surface area is 126 Å². The number of hydrogen-bond acceptors (Lipinski definition) is 3. The zero-order valence-corrected chi connectivity index (χ0v) is 12.6. The fraction of sp³-hybridized carbons (Fsp3) is 0.143. The monoisotopic (exact) mass is 331 g/mol. The molecule has 21 heavy (non-hydrogen) atoms. The van der Waals surface area contributed by atoms with E-state index in [-0.39, 0.29) is 22.2 Å². The summed E-state index contributed by atoms with van der Waals surface area (Å²) >= 11 is 5.66. The Morgan fingerprint density at radius 3 is 2.38 bits per heavy atom. The molecule has 0 saturated carbocycles. The number of anilines is 1. The highest BCUT2D eigenvalue weighted by Crippen LogP contribution is 2.21. The van der Waals surface area contributed by atoms with E-state index in [0.29, 0.717) is 5.56 Å². The van der Waals surface area contributed by atoms with Crippen LogP contribution in [0.4, 0.5) is 14.5 Å². The third-order valence-corrected chi connectivity index (χ3v) is 4.23. The van der Waals surface area contributed by atoms with Gasteiger partial charge in [0.25, 0.3) is 0 Å². The fourth-order valence-electron chi connectivity index (χ4n) is 1.72. The first kappa shape index (κ1) is 15.7. The van der Waals surface area contributed by atoms with Gasteiger partial charge in [-0.1, -0.05) is 17.7 Å².